The van der Waals surface area contributed by atoms with E-state index in [9.17, 15) is 0 Å². The molecule has 0 amide bonds. The molecule has 0 radical (unpaired) electrons. The molecule has 4 heteroatoms. The van der Waals surface area contributed by atoms with Gasteiger partial charge in [-0.25, -0.2) is 9.97 Å². The predicted octanol–water partition coefficient (Wildman–Crippen LogP) is 3.93. The number of benzene rings is 1. The summed E-state index contributed by atoms with van der Waals surface area (Å²) >= 11 is 0. The monoisotopic (exact) mass is 316 g/mol. The largest absolute Gasteiger partial charge is 0.275 e. The molecule has 0 spiro atoms. The Morgan fingerprint density at radius 1 is 0.875 bits per heavy atom. The van der Waals surface area contributed by atoms with Crippen LogP contribution in [0.25, 0.3) is 11.2 Å². The van der Waals surface area contributed by atoms with Gasteiger partial charge in [-0.15, -0.1) is 0 Å². The number of pyridine rings is 1. The lowest BCUT2D eigenvalue weighted by atomic mass is 9.66. The molecule has 1 aliphatic rings. The summed E-state index contributed by atoms with van der Waals surface area (Å²) in [6.45, 7) is 8.85. The molecule has 3 heterocycles. The van der Waals surface area contributed by atoms with Crippen molar-refractivity contribution in [2.75, 3.05) is 0 Å². The maximum absolute atomic E-state index is 5.07. The second kappa shape index (κ2) is 4.94. The Labute approximate surface area is 141 Å². The third kappa shape index (κ3) is 2.06. The molecule has 0 aliphatic carbocycles. The van der Waals surface area contributed by atoms with Crippen LogP contribution in [0.5, 0.6) is 0 Å². The molecule has 4 rings (SSSR count). The van der Waals surface area contributed by atoms with E-state index < -0.39 is 0 Å². The highest BCUT2D eigenvalue weighted by Gasteiger charge is 2.43. The zero-order valence-electron chi connectivity index (χ0n) is 14.4. The number of hydrogen-bond donors (Lipinski definition) is 0. The molecule has 0 fully saturated rings. The highest BCUT2D eigenvalue weighted by atomic mass is 15.0. The van der Waals surface area contributed by atoms with Gasteiger partial charge in [0, 0.05) is 17.2 Å². The smallest absolute Gasteiger partial charge is 0.178 e. The predicted molar refractivity (Wildman–Crippen MR) is 96.5 cm³/mol. The Kier molecular flexibility index (Phi) is 3.07. The highest BCUT2D eigenvalue weighted by molar-refractivity contribution is 6.14. The zero-order valence-corrected chi connectivity index (χ0v) is 14.4. The fourth-order valence-electron chi connectivity index (χ4n) is 3.20. The second-order valence-electron chi connectivity index (χ2n) is 7.29. The third-order valence-corrected chi connectivity index (χ3v) is 5.34. The average molecular weight is 316 g/mol. The molecule has 0 saturated heterocycles. The van der Waals surface area contributed by atoms with Gasteiger partial charge in [-0.1, -0.05) is 38.1 Å². The lowest BCUT2D eigenvalue weighted by Crippen LogP contribution is -2.46. The summed E-state index contributed by atoms with van der Waals surface area (Å²) in [7, 11) is 0. The Bertz CT molecular complexity index is 970. The fraction of sp³-hybridized carbons (Fsp3) is 0.300. The summed E-state index contributed by atoms with van der Waals surface area (Å²) in [6.07, 6.45) is 3.54. The van der Waals surface area contributed by atoms with Crippen LogP contribution in [0.3, 0.4) is 0 Å². The van der Waals surface area contributed by atoms with Gasteiger partial charge in [-0.2, -0.15) is 0 Å². The van der Waals surface area contributed by atoms with Gasteiger partial charge in [-0.05, 0) is 31.5 Å². The van der Waals surface area contributed by atoms with E-state index in [4.69, 9.17) is 9.98 Å². The first-order chi connectivity index (χ1) is 11.4. The lowest BCUT2D eigenvalue weighted by molar-refractivity contribution is 0.303. The Morgan fingerprint density at radius 2 is 1.67 bits per heavy atom. The first-order valence-corrected chi connectivity index (χ1v) is 8.18. The van der Waals surface area contributed by atoms with Crippen LogP contribution in [0.1, 0.15) is 44.5 Å². The van der Waals surface area contributed by atoms with Crippen molar-refractivity contribution in [2.24, 2.45) is 4.99 Å². The zero-order chi connectivity index (χ0) is 16.9. The molecular weight excluding hydrogens is 296 g/mol. The number of nitrogens with zero attached hydrogens (tertiary/aromatic N) is 4. The van der Waals surface area contributed by atoms with Gasteiger partial charge in [-0.3, -0.25) is 9.98 Å². The molecule has 0 unspecified atom stereocenters. The standard InChI is InChI=1S/C20H20N4/c1-19(2)14-9-6-5-8-13(14)17(24-20(19,3)4)16-12-22-15-10-7-11-21-18(15)23-16/h5-12H,1-4H3. The topological polar surface area (TPSA) is 51.0 Å². The van der Waals surface area contributed by atoms with E-state index in [-0.39, 0.29) is 11.0 Å². The molecular formula is C20H20N4. The van der Waals surface area contributed by atoms with Gasteiger partial charge in [0.2, 0.25) is 0 Å². The van der Waals surface area contributed by atoms with E-state index in [0.29, 0.717) is 5.65 Å². The van der Waals surface area contributed by atoms with Gasteiger partial charge in [0.15, 0.2) is 5.65 Å². The van der Waals surface area contributed by atoms with Gasteiger partial charge >= 0.3 is 0 Å². The average Bonchev–Trinajstić information content (AvgIpc) is 2.58. The van der Waals surface area contributed by atoms with E-state index in [1.165, 1.54) is 5.56 Å². The van der Waals surface area contributed by atoms with Crippen molar-refractivity contribution in [3.63, 3.8) is 0 Å². The number of aliphatic imine (C=N–C) groups is 1. The molecule has 0 saturated carbocycles. The Hall–Kier alpha value is -2.62. The number of aromatic nitrogens is 3. The van der Waals surface area contributed by atoms with Gasteiger partial charge in [0.05, 0.1) is 17.4 Å². The molecule has 2 aromatic heterocycles. The van der Waals surface area contributed by atoms with Crippen LogP contribution in [0.2, 0.25) is 0 Å². The van der Waals surface area contributed by atoms with E-state index in [2.05, 4.69) is 61.9 Å². The van der Waals surface area contributed by atoms with Gasteiger partial charge in [0.1, 0.15) is 11.2 Å². The fourth-order valence-corrected chi connectivity index (χ4v) is 3.20. The molecule has 4 nitrogen and oxygen atoms in total. The first kappa shape index (κ1) is 14.9. The molecule has 0 bridgehead atoms. The van der Waals surface area contributed by atoms with Crippen LogP contribution in [-0.2, 0) is 5.41 Å². The van der Waals surface area contributed by atoms with Crippen LogP contribution in [0.15, 0.2) is 53.8 Å². The van der Waals surface area contributed by atoms with E-state index in [0.717, 1.165) is 22.5 Å². The van der Waals surface area contributed by atoms with Crippen molar-refractivity contribution in [1.82, 2.24) is 15.0 Å². The Balaban J connectivity index is 1.98. The summed E-state index contributed by atoms with van der Waals surface area (Å²) in [5.41, 5.74) is 5.25. The van der Waals surface area contributed by atoms with Crippen LogP contribution >= 0.6 is 0 Å². The van der Waals surface area contributed by atoms with Crippen molar-refractivity contribution in [3.8, 4) is 0 Å². The van der Waals surface area contributed by atoms with E-state index in [1.807, 2.05) is 12.1 Å². The minimum atomic E-state index is -0.239. The minimum Gasteiger partial charge on any atom is -0.275 e. The van der Waals surface area contributed by atoms with Gasteiger partial charge < -0.3 is 0 Å². The second-order valence-corrected chi connectivity index (χ2v) is 7.29. The van der Waals surface area contributed by atoms with Crippen molar-refractivity contribution in [2.45, 2.75) is 38.6 Å². The Morgan fingerprint density at radius 3 is 2.50 bits per heavy atom. The molecule has 1 aromatic carbocycles. The molecule has 3 aromatic rings. The summed E-state index contributed by atoms with van der Waals surface area (Å²) in [5.74, 6) is 0. The summed E-state index contributed by atoms with van der Waals surface area (Å²) in [5, 5.41) is 0. The molecule has 24 heavy (non-hydrogen) atoms. The SMILES string of the molecule is CC1(C)N=C(c2cnc3cccnc3n2)c2ccccc2C1(C)C. The summed E-state index contributed by atoms with van der Waals surface area (Å²) < 4.78 is 0. The van der Waals surface area contributed by atoms with Crippen molar-refractivity contribution < 1.29 is 0 Å². The molecule has 120 valence electrons. The summed E-state index contributed by atoms with van der Waals surface area (Å²) in [6, 6.07) is 12.2. The van der Waals surface area contributed by atoms with Crippen LogP contribution in [-0.4, -0.2) is 26.2 Å². The quantitative estimate of drug-likeness (QED) is 0.683. The molecule has 0 N–H and O–H groups in total. The highest BCUT2D eigenvalue weighted by Crippen LogP contribution is 2.43. The molecule has 0 atom stereocenters. The molecule has 1 aliphatic heterocycles. The van der Waals surface area contributed by atoms with Crippen LogP contribution in [0, 0.1) is 0 Å². The maximum Gasteiger partial charge on any atom is 0.178 e. The van der Waals surface area contributed by atoms with E-state index >= 15 is 0 Å². The number of fused-ring (bicyclic) bond motifs is 2. The van der Waals surface area contributed by atoms with Crippen molar-refractivity contribution >= 4 is 16.9 Å². The van der Waals surface area contributed by atoms with Gasteiger partial charge in [0.25, 0.3) is 0 Å². The summed E-state index contributed by atoms with van der Waals surface area (Å²) in [4.78, 5) is 18.6. The normalized spacial score (nSPS) is 18.1. The van der Waals surface area contributed by atoms with Crippen LogP contribution < -0.4 is 0 Å². The number of hydrogen-bond acceptors (Lipinski definition) is 4. The van der Waals surface area contributed by atoms with Crippen LogP contribution in [0.4, 0.5) is 0 Å². The van der Waals surface area contributed by atoms with E-state index in [1.54, 1.807) is 12.4 Å². The van der Waals surface area contributed by atoms with Crippen molar-refractivity contribution in [3.05, 3.63) is 65.6 Å². The number of rotatable bonds is 1. The lowest BCUT2D eigenvalue weighted by Gasteiger charge is -2.44. The first-order valence-electron chi connectivity index (χ1n) is 8.18. The van der Waals surface area contributed by atoms with Crippen molar-refractivity contribution in [1.29, 1.82) is 0 Å². The minimum absolute atomic E-state index is 0.0599. The maximum atomic E-state index is 5.07. The third-order valence-electron chi connectivity index (χ3n) is 5.34.